The summed E-state index contributed by atoms with van der Waals surface area (Å²) < 4.78 is 8.09. The van der Waals surface area contributed by atoms with E-state index in [2.05, 4.69) is 67.8 Å². The molecular weight excluding hydrogens is 394 g/mol. The Morgan fingerprint density at radius 2 is 1.47 bits per heavy atom. The molecule has 1 atom stereocenters. The molecule has 0 radical (unpaired) electrons. The summed E-state index contributed by atoms with van der Waals surface area (Å²) in [5.74, 6) is -0.686. The maximum Gasteiger partial charge on any atom is 0.318 e. The predicted octanol–water partition coefficient (Wildman–Crippen LogP) is 6.34. The number of esters is 1. The Kier molecular flexibility index (Phi) is 6.55. The van der Waals surface area contributed by atoms with E-state index in [0.717, 1.165) is 40.2 Å². The van der Waals surface area contributed by atoms with E-state index in [1.165, 1.54) is 5.56 Å². The molecule has 4 aromatic rings. The topological polar surface area (TPSA) is 31.2 Å². The first kappa shape index (κ1) is 21.6. The number of rotatable bonds is 7. The molecule has 0 amide bonds. The molecule has 3 heteroatoms. The van der Waals surface area contributed by atoms with Gasteiger partial charge in [0.05, 0.1) is 0 Å². The highest BCUT2D eigenvalue weighted by Crippen LogP contribution is 2.32. The number of aryl methyl sites for hydroxylation is 2. The largest absolute Gasteiger partial charge is 0.460 e. The summed E-state index contributed by atoms with van der Waals surface area (Å²) >= 11 is 0. The third-order valence-corrected chi connectivity index (χ3v) is 5.94. The van der Waals surface area contributed by atoms with E-state index >= 15 is 0 Å². The zero-order valence-electron chi connectivity index (χ0n) is 18.9. The van der Waals surface area contributed by atoms with Gasteiger partial charge >= 0.3 is 5.97 Å². The zero-order valence-corrected chi connectivity index (χ0v) is 18.9. The molecule has 0 N–H and O–H groups in total. The number of hydrogen-bond acceptors (Lipinski definition) is 2. The smallest absolute Gasteiger partial charge is 0.318 e. The molecule has 32 heavy (non-hydrogen) atoms. The van der Waals surface area contributed by atoms with Crippen LogP contribution in [0.15, 0.2) is 91.0 Å². The third kappa shape index (κ3) is 4.83. The second-order valence-corrected chi connectivity index (χ2v) is 8.34. The molecule has 162 valence electrons. The molecule has 3 nitrogen and oxygen atoms in total. The Bertz CT molecular complexity index is 1190. The zero-order chi connectivity index (χ0) is 22.5. The minimum absolute atomic E-state index is 0.223. The van der Waals surface area contributed by atoms with Gasteiger partial charge in [0, 0.05) is 17.9 Å². The number of hydrogen-bond donors (Lipinski definition) is 0. The maximum atomic E-state index is 13.4. The fourth-order valence-electron chi connectivity index (χ4n) is 4.23. The molecule has 0 aliphatic rings. The van der Waals surface area contributed by atoms with E-state index in [1.807, 2.05) is 48.5 Å². The summed E-state index contributed by atoms with van der Waals surface area (Å²) in [6, 6.07) is 30.5. The first-order valence-electron chi connectivity index (χ1n) is 11.0. The number of benzene rings is 3. The molecule has 4 rings (SSSR count). The van der Waals surface area contributed by atoms with Gasteiger partial charge < -0.3 is 9.30 Å². The molecule has 3 aromatic carbocycles. The minimum atomic E-state index is -0.464. The SMILES string of the molecule is Cc1cccc(C(C(=O)OCc2ccccc2)c2cc(C)n(Cc3ccccc3)c2C)c1. The second-order valence-electron chi connectivity index (χ2n) is 8.34. The van der Waals surface area contributed by atoms with Crippen molar-refractivity contribution in [3.63, 3.8) is 0 Å². The average molecular weight is 424 g/mol. The average Bonchev–Trinajstić information content (AvgIpc) is 3.07. The third-order valence-electron chi connectivity index (χ3n) is 5.94. The lowest BCUT2D eigenvalue weighted by molar-refractivity contribution is -0.145. The molecule has 0 spiro atoms. The van der Waals surface area contributed by atoms with Crippen LogP contribution in [0.4, 0.5) is 0 Å². The van der Waals surface area contributed by atoms with Crippen molar-refractivity contribution in [2.75, 3.05) is 0 Å². The molecule has 0 aliphatic heterocycles. The first-order valence-corrected chi connectivity index (χ1v) is 11.0. The summed E-state index contributed by atoms with van der Waals surface area (Å²) in [6.07, 6.45) is 0. The Balaban J connectivity index is 1.68. The van der Waals surface area contributed by atoms with Crippen LogP contribution in [0.5, 0.6) is 0 Å². The summed E-state index contributed by atoms with van der Waals surface area (Å²) in [5, 5.41) is 0. The van der Waals surface area contributed by atoms with Gasteiger partial charge in [0.25, 0.3) is 0 Å². The van der Waals surface area contributed by atoms with Gasteiger partial charge in [-0.3, -0.25) is 4.79 Å². The fourth-order valence-corrected chi connectivity index (χ4v) is 4.23. The number of ether oxygens (including phenoxy) is 1. The number of carbonyl (C=O) groups is 1. The van der Waals surface area contributed by atoms with E-state index in [1.54, 1.807) is 0 Å². The van der Waals surface area contributed by atoms with Crippen LogP contribution in [0, 0.1) is 20.8 Å². The Morgan fingerprint density at radius 1 is 0.812 bits per heavy atom. The van der Waals surface area contributed by atoms with Crippen molar-refractivity contribution >= 4 is 5.97 Å². The quantitative estimate of drug-likeness (QED) is 0.325. The molecule has 1 heterocycles. The normalized spacial score (nSPS) is 11.8. The van der Waals surface area contributed by atoms with Crippen LogP contribution < -0.4 is 0 Å². The van der Waals surface area contributed by atoms with Gasteiger partial charge in [0.2, 0.25) is 0 Å². The van der Waals surface area contributed by atoms with Crippen LogP contribution in [0.25, 0.3) is 0 Å². The lowest BCUT2D eigenvalue weighted by Crippen LogP contribution is -2.18. The van der Waals surface area contributed by atoms with Crippen molar-refractivity contribution in [1.82, 2.24) is 4.57 Å². The molecule has 0 aliphatic carbocycles. The highest BCUT2D eigenvalue weighted by atomic mass is 16.5. The minimum Gasteiger partial charge on any atom is -0.460 e. The molecule has 0 saturated heterocycles. The highest BCUT2D eigenvalue weighted by molar-refractivity contribution is 5.83. The van der Waals surface area contributed by atoms with Crippen LogP contribution in [-0.2, 0) is 22.7 Å². The van der Waals surface area contributed by atoms with Gasteiger partial charge in [-0.1, -0.05) is 90.5 Å². The van der Waals surface area contributed by atoms with Crippen molar-refractivity contribution in [3.05, 3.63) is 130 Å². The highest BCUT2D eigenvalue weighted by Gasteiger charge is 2.28. The van der Waals surface area contributed by atoms with E-state index < -0.39 is 5.92 Å². The van der Waals surface area contributed by atoms with Crippen molar-refractivity contribution in [2.45, 2.75) is 39.8 Å². The van der Waals surface area contributed by atoms with E-state index in [9.17, 15) is 4.79 Å². The van der Waals surface area contributed by atoms with Crippen molar-refractivity contribution in [2.24, 2.45) is 0 Å². The number of nitrogens with zero attached hydrogens (tertiary/aromatic N) is 1. The lowest BCUT2D eigenvalue weighted by Gasteiger charge is -2.18. The van der Waals surface area contributed by atoms with Gasteiger partial charge in [0.1, 0.15) is 12.5 Å². The van der Waals surface area contributed by atoms with Crippen LogP contribution in [0.3, 0.4) is 0 Å². The Labute approximate surface area is 190 Å². The molecule has 0 fully saturated rings. The fraction of sp³-hybridized carbons (Fsp3) is 0.207. The monoisotopic (exact) mass is 423 g/mol. The lowest BCUT2D eigenvalue weighted by atomic mass is 9.90. The molecule has 1 aromatic heterocycles. The molecule has 1 unspecified atom stereocenters. The summed E-state index contributed by atoms with van der Waals surface area (Å²) in [7, 11) is 0. The Morgan fingerprint density at radius 3 is 2.12 bits per heavy atom. The summed E-state index contributed by atoms with van der Waals surface area (Å²) in [5.41, 5.74) is 7.54. The van der Waals surface area contributed by atoms with E-state index in [4.69, 9.17) is 4.74 Å². The Hall–Kier alpha value is -3.59. The summed E-state index contributed by atoms with van der Waals surface area (Å²) in [6.45, 7) is 7.29. The maximum absolute atomic E-state index is 13.4. The van der Waals surface area contributed by atoms with Crippen LogP contribution in [-0.4, -0.2) is 10.5 Å². The van der Waals surface area contributed by atoms with Crippen LogP contribution >= 0.6 is 0 Å². The first-order chi connectivity index (χ1) is 15.5. The number of aromatic nitrogens is 1. The van der Waals surface area contributed by atoms with Crippen molar-refractivity contribution in [1.29, 1.82) is 0 Å². The predicted molar refractivity (Wildman–Crippen MR) is 129 cm³/mol. The molecule has 0 bridgehead atoms. The van der Waals surface area contributed by atoms with Crippen LogP contribution in [0.1, 0.15) is 45.1 Å². The van der Waals surface area contributed by atoms with Crippen molar-refractivity contribution < 1.29 is 9.53 Å². The van der Waals surface area contributed by atoms with Crippen molar-refractivity contribution in [3.8, 4) is 0 Å². The van der Waals surface area contributed by atoms with Gasteiger partial charge in [-0.2, -0.15) is 0 Å². The molecule has 0 saturated carbocycles. The van der Waals surface area contributed by atoms with E-state index in [-0.39, 0.29) is 12.6 Å². The number of carbonyl (C=O) groups excluding carboxylic acids is 1. The van der Waals surface area contributed by atoms with Gasteiger partial charge in [-0.25, -0.2) is 0 Å². The molecular formula is C29H29NO2. The second kappa shape index (κ2) is 9.69. The van der Waals surface area contributed by atoms with Gasteiger partial charge in [-0.05, 0) is 49.1 Å². The van der Waals surface area contributed by atoms with Gasteiger partial charge in [0.15, 0.2) is 0 Å². The summed E-state index contributed by atoms with van der Waals surface area (Å²) in [4.78, 5) is 13.4. The van der Waals surface area contributed by atoms with E-state index in [0.29, 0.717) is 0 Å². The van der Waals surface area contributed by atoms with Gasteiger partial charge in [-0.15, -0.1) is 0 Å². The standard InChI is InChI=1S/C29H29NO2/c1-21-11-10-16-26(17-21)28(29(31)32-20-25-14-8-5-9-15-25)27-18-22(2)30(23(27)3)19-24-12-6-4-7-13-24/h4-18,28H,19-20H2,1-3H3. The van der Waals surface area contributed by atoms with Crippen LogP contribution in [0.2, 0.25) is 0 Å².